The zero-order chi connectivity index (χ0) is 12.8. The average molecular weight is 271 g/mol. The fraction of sp³-hybridized carbons (Fsp3) is 0.200. The van der Waals surface area contributed by atoms with Crippen molar-refractivity contribution in [3.05, 3.63) is 18.2 Å². The minimum Gasteiger partial charge on any atom is -0.453 e. The number of ether oxygens (including phenoxy) is 1. The lowest BCUT2D eigenvalue weighted by atomic mass is 10.3. The van der Waals surface area contributed by atoms with Crippen molar-refractivity contribution in [1.82, 2.24) is 5.32 Å². The largest absolute Gasteiger partial charge is 0.453 e. The summed E-state index contributed by atoms with van der Waals surface area (Å²) < 4.78 is 4.41. The summed E-state index contributed by atoms with van der Waals surface area (Å²) in [5, 5.41) is 5.28. The number of alkyl carbamates (subject to hydrolysis) is 1. The van der Waals surface area contributed by atoms with E-state index in [1.807, 2.05) is 18.4 Å². The molecule has 0 saturated heterocycles. The molecular formula is C10H13N3O2S2. The predicted molar refractivity (Wildman–Crippen MR) is 74.4 cm³/mol. The second-order valence-corrected chi connectivity index (χ2v) is 4.31. The lowest BCUT2D eigenvalue weighted by molar-refractivity contribution is 0.177. The molecule has 0 spiro atoms. The third-order valence-electron chi connectivity index (χ3n) is 1.91. The highest BCUT2D eigenvalue weighted by molar-refractivity contribution is 7.98. The van der Waals surface area contributed by atoms with E-state index in [1.54, 1.807) is 17.8 Å². The number of anilines is 2. The van der Waals surface area contributed by atoms with E-state index < -0.39 is 6.09 Å². The fourth-order valence-electron chi connectivity index (χ4n) is 1.08. The number of benzene rings is 1. The van der Waals surface area contributed by atoms with Crippen molar-refractivity contribution in [2.24, 2.45) is 0 Å². The van der Waals surface area contributed by atoms with Crippen LogP contribution in [0.25, 0.3) is 0 Å². The van der Waals surface area contributed by atoms with E-state index in [2.05, 4.69) is 15.4 Å². The highest BCUT2D eigenvalue weighted by Crippen LogP contribution is 2.24. The zero-order valence-electron chi connectivity index (χ0n) is 9.44. The number of methoxy groups -OCH3 is 1. The van der Waals surface area contributed by atoms with Crippen LogP contribution in [0.4, 0.5) is 16.2 Å². The van der Waals surface area contributed by atoms with E-state index in [-0.39, 0.29) is 5.11 Å². The maximum absolute atomic E-state index is 10.9. The van der Waals surface area contributed by atoms with Crippen LogP contribution in [0.2, 0.25) is 0 Å². The van der Waals surface area contributed by atoms with Gasteiger partial charge in [0.05, 0.1) is 18.5 Å². The summed E-state index contributed by atoms with van der Waals surface area (Å²) in [6.45, 7) is 0. The average Bonchev–Trinajstić information content (AvgIpc) is 2.31. The van der Waals surface area contributed by atoms with Gasteiger partial charge in [-0.15, -0.1) is 11.8 Å². The highest BCUT2D eigenvalue weighted by atomic mass is 32.2. The number of carbonyl (C=O) groups excluding carboxylic acids is 1. The molecule has 0 heterocycles. The number of nitrogens with two attached hydrogens (primary N) is 1. The maximum Gasteiger partial charge on any atom is 0.413 e. The Balaban J connectivity index is 2.68. The van der Waals surface area contributed by atoms with Gasteiger partial charge < -0.3 is 15.8 Å². The van der Waals surface area contributed by atoms with E-state index in [0.717, 1.165) is 4.90 Å². The van der Waals surface area contributed by atoms with Crippen molar-refractivity contribution >= 4 is 46.6 Å². The number of amides is 1. The quantitative estimate of drug-likeness (QED) is 0.434. The number of thiocarbonyl (C=S) groups is 1. The first kappa shape index (κ1) is 13.6. The number of nitrogens with one attached hydrogen (secondary N) is 2. The molecule has 1 rings (SSSR count). The molecule has 0 saturated carbocycles. The van der Waals surface area contributed by atoms with Gasteiger partial charge in [-0.2, -0.15) is 0 Å². The molecule has 0 aliphatic carbocycles. The molecule has 5 nitrogen and oxygen atoms in total. The highest BCUT2D eigenvalue weighted by Gasteiger charge is 2.06. The summed E-state index contributed by atoms with van der Waals surface area (Å²) in [4.78, 5) is 12.0. The van der Waals surface area contributed by atoms with Gasteiger partial charge in [0.2, 0.25) is 0 Å². The van der Waals surface area contributed by atoms with Gasteiger partial charge in [-0.25, -0.2) is 4.79 Å². The van der Waals surface area contributed by atoms with Crippen LogP contribution >= 0.6 is 24.0 Å². The molecule has 0 atom stereocenters. The van der Waals surface area contributed by atoms with Crippen molar-refractivity contribution < 1.29 is 9.53 Å². The Hall–Kier alpha value is -1.47. The first-order valence-corrected chi connectivity index (χ1v) is 6.29. The summed E-state index contributed by atoms with van der Waals surface area (Å²) in [6, 6.07) is 5.53. The van der Waals surface area contributed by atoms with Gasteiger partial charge in [0.1, 0.15) is 0 Å². The Morgan fingerprint density at radius 3 is 2.76 bits per heavy atom. The smallest absolute Gasteiger partial charge is 0.413 e. The summed E-state index contributed by atoms with van der Waals surface area (Å²) in [5.41, 5.74) is 7.03. The van der Waals surface area contributed by atoms with E-state index in [1.165, 1.54) is 7.11 Å². The Kier molecular flexibility index (Phi) is 5.05. The molecule has 1 amide bonds. The molecule has 0 radical (unpaired) electrons. The first-order chi connectivity index (χ1) is 8.06. The zero-order valence-corrected chi connectivity index (χ0v) is 11.1. The fourth-order valence-corrected chi connectivity index (χ4v) is 1.72. The van der Waals surface area contributed by atoms with Crippen molar-refractivity contribution in [3.63, 3.8) is 0 Å². The second-order valence-electron chi connectivity index (χ2n) is 3.02. The molecule has 0 aromatic heterocycles. The topological polar surface area (TPSA) is 76.4 Å². The number of nitrogen functional groups attached to an aromatic ring is 1. The van der Waals surface area contributed by atoms with Gasteiger partial charge in [-0.05, 0) is 36.7 Å². The van der Waals surface area contributed by atoms with Crippen LogP contribution in [-0.4, -0.2) is 24.6 Å². The summed E-state index contributed by atoms with van der Waals surface area (Å²) >= 11 is 6.51. The maximum atomic E-state index is 10.9. The predicted octanol–water partition coefficient (Wildman–Crippen LogP) is 2.04. The minimum atomic E-state index is -0.623. The van der Waals surface area contributed by atoms with Crippen LogP contribution in [0, 0.1) is 0 Å². The number of hydrogen-bond acceptors (Lipinski definition) is 5. The van der Waals surface area contributed by atoms with Crippen LogP contribution in [-0.2, 0) is 4.74 Å². The Morgan fingerprint density at radius 1 is 1.53 bits per heavy atom. The molecule has 7 heteroatoms. The standard InChI is InChI=1S/C10H13N3O2S2/c1-15-10(14)13-9(16)12-8-4-3-6(17-2)5-7(8)11/h3-5H,11H2,1-2H3,(H2,12,13,14,16). The second kappa shape index (κ2) is 6.31. The number of hydrogen-bond donors (Lipinski definition) is 3. The van der Waals surface area contributed by atoms with Crippen LogP contribution < -0.4 is 16.4 Å². The van der Waals surface area contributed by atoms with Crippen LogP contribution in [0.3, 0.4) is 0 Å². The number of rotatable bonds is 2. The van der Waals surface area contributed by atoms with E-state index >= 15 is 0 Å². The van der Waals surface area contributed by atoms with Gasteiger partial charge in [0, 0.05) is 4.90 Å². The number of thioether (sulfide) groups is 1. The molecule has 1 aromatic rings. The monoisotopic (exact) mass is 271 g/mol. The molecule has 4 N–H and O–H groups in total. The third kappa shape index (κ3) is 4.12. The van der Waals surface area contributed by atoms with Crippen molar-refractivity contribution in [3.8, 4) is 0 Å². The molecule has 0 aliphatic rings. The van der Waals surface area contributed by atoms with Gasteiger partial charge in [-0.1, -0.05) is 0 Å². The number of carbonyl (C=O) groups is 1. The third-order valence-corrected chi connectivity index (χ3v) is 2.84. The normalized spacial score (nSPS) is 9.53. The van der Waals surface area contributed by atoms with Gasteiger partial charge in [0.25, 0.3) is 0 Å². The van der Waals surface area contributed by atoms with E-state index in [4.69, 9.17) is 18.0 Å². The summed E-state index contributed by atoms with van der Waals surface area (Å²) in [6.07, 6.45) is 1.34. The molecule has 92 valence electrons. The molecule has 1 aromatic carbocycles. The Bertz CT molecular complexity index is 438. The van der Waals surface area contributed by atoms with Crippen LogP contribution in [0.15, 0.2) is 23.1 Å². The van der Waals surface area contributed by atoms with Crippen molar-refractivity contribution in [2.45, 2.75) is 4.90 Å². The molecule has 0 aliphatic heterocycles. The lowest BCUT2D eigenvalue weighted by Gasteiger charge is -2.11. The van der Waals surface area contributed by atoms with E-state index in [0.29, 0.717) is 11.4 Å². The Morgan fingerprint density at radius 2 is 2.24 bits per heavy atom. The van der Waals surface area contributed by atoms with Crippen molar-refractivity contribution in [2.75, 3.05) is 24.4 Å². The molecular weight excluding hydrogens is 258 g/mol. The molecule has 17 heavy (non-hydrogen) atoms. The first-order valence-electron chi connectivity index (χ1n) is 4.66. The SMILES string of the molecule is COC(=O)NC(=S)Nc1ccc(SC)cc1N. The van der Waals surface area contributed by atoms with Crippen molar-refractivity contribution in [1.29, 1.82) is 0 Å². The summed E-state index contributed by atoms with van der Waals surface area (Å²) in [7, 11) is 1.26. The van der Waals surface area contributed by atoms with E-state index in [9.17, 15) is 4.79 Å². The van der Waals surface area contributed by atoms with Crippen LogP contribution in [0.5, 0.6) is 0 Å². The molecule has 0 unspecified atom stereocenters. The van der Waals surface area contributed by atoms with Gasteiger partial charge in [-0.3, -0.25) is 5.32 Å². The van der Waals surface area contributed by atoms with Crippen LogP contribution in [0.1, 0.15) is 0 Å². The summed E-state index contributed by atoms with van der Waals surface area (Å²) in [5.74, 6) is 0. The lowest BCUT2D eigenvalue weighted by Crippen LogP contribution is -2.34. The molecule has 0 bridgehead atoms. The minimum absolute atomic E-state index is 0.139. The van der Waals surface area contributed by atoms with Gasteiger partial charge in [0.15, 0.2) is 5.11 Å². The Labute approximate surface area is 109 Å². The molecule has 0 fully saturated rings. The van der Waals surface area contributed by atoms with Gasteiger partial charge >= 0.3 is 6.09 Å².